The molecule has 2 fully saturated rings. The number of nitrogens with zero attached hydrogens (tertiary/aromatic N) is 2. The number of guanidine groups is 1. The van der Waals surface area contributed by atoms with Crippen LogP contribution in [0.4, 0.5) is 0 Å². The van der Waals surface area contributed by atoms with Crippen molar-refractivity contribution in [3.05, 3.63) is 24.2 Å². The maximum Gasteiger partial charge on any atom is 0.194 e. The van der Waals surface area contributed by atoms with E-state index in [1.807, 2.05) is 12.1 Å². The maximum atomic E-state index is 5.33. The molecule has 1 aliphatic heterocycles. The standard InChI is InChI=1S/C14H21N3O.HI/c1-2-10-17(9-1)14(16-12-5-6-12)15-8-7-13-4-3-11-18-13;/h3-4,11-12H,1-2,5-10H2,(H,15,16);1H. The molecule has 2 heterocycles. The molecule has 0 aromatic carbocycles. The molecule has 4 nitrogen and oxygen atoms in total. The minimum atomic E-state index is 0. The van der Waals surface area contributed by atoms with Crippen LogP contribution in [0.2, 0.25) is 0 Å². The molecular formula is C14H22IN3O. The Balaban J connectivity index is 0.00000133. The number of rotatable bonds is 4. The molecule has 3 rings (SSSR count). The van der Waals surface area contributed by atoms with Crippen molar-refractivity contribution in [2.24, 2.45) is 4.99 Å². The third-order valence-electron chi connectivity index (χ3n) is 3.52. The number of hydrogen-bond donors (Lipinski definition) is 1. The summed E-state index contributed by atoms with van der Waals surface area (Å²) in [5.41, 5.74) is 0. The van der Waals surface area contributed by atoms with Crippen LogP contribution in [0.5, 0.6) is 0 Å². The van der Waals surface area contributed by atoms with Crippen LogP contribution in [0.1, 0.15) is 31.4 Å². The molecule has 106 valence electrons. The topological polar surface area (TPSA) is 40.8 Å². The lowest BCUT2D eigenvalue weighted by atomic mass is 10.3. The minimum absolute atomic E-state index is 0. The monoisotopic (exact) mass is 375 g/mol. The molecule has 1 saturated carbocycles. The molecule has 1 aromatic rings. The second-order valence-corrected chi connectivity index (χ2v) is 5.15. The Morgan fingerprint density at radius 1 is 1.37 bits per heavy atom. The van der Waals surface area contributed by atoms with Gasteiger partial charge in [0, 0.05) is 32.1 Å². The van der Waals surface area contributed by atoms with Gasteiger partial charge in [0.1, 0.15) is 5.76 Å². The van der Waals surface area contributed by atoms with E-state index in [0.29, 0.717) is 6.04 Å². The summed E-state index contributed by atoms with van der Waals surface area (Å²) < 4.78 is 5.33. The van der Waals surface area contributed by atoms with Gasteiger partial charge in [-0.15, -0.1) is 24.0 Å². The predicted octanol–water partition coefficient (Wildman–Crippen LogP) is 2.64. The molecule has 1 aliphatic carbocycles. The van der Waals surface area contributed by atoms with Crippen LogP contribution < -0.4 is 5.32 Å². The lowest BCUT2D eigenvalue weighted by Gasteiger charge is -2.21. The summed E-state index contributed by atoms with van der Waals surface area (Å²) in [5.74, 6) is 2.13. The van der Waals surface area contributed by atoms with Gasteiger partial charge in [0.25, 0.3) is 0 Å². The highest BCUT2D eigenvalue weighted by atomic mass is 127. The lowest BCUT2D eigenvalue weighted by molar-refractivity contribution is 0.486. The van der Waals surface area contributed by atoms with Gasteiger partial charge in [-0.1, -0.05) is 0 Å². The summed E-state index contributed by atoms with van der Waals surface area (Å²) in [6, 6.07) is 4.62. The Labute approximate surface area is 131 Å². The highest BCUT2D eigenvalue weighted by Crippen LogP contribution is 2.20. The van der Waals surface area contributed by atoms with E-state index in [1.165, 1.54) is 25.7 Å². The predicted molar refractivity (Wildman–Crippen MR) is 87.1 cm³/mol. The third kappa shape index (κ3) is 4.40. The fourth-order valence-corrected chi connectivity index (χ4v) is 2.30. The first kappa shape index (κ1) is 14.7. The zero-order valence-electron chi connectivity index (χ0n) is 11.2. The van der Waals surface area contributed by atoms with E-state index in [4.69, 9.17) is 9.41 Å². The molecule has 0 unspecified atom stereocenters. The van der Waals surface area contributed by atoms with E-state index in [9.17, 15) is 0 Å². The molecule has 2 aliphatic rings. The second-order valence-electron chi connectivity index (χ2n) is 5.15. The summed E-state index contributed by atoms with van der Waals surface area (Å²) in [7, 11) is 0. The first-order valence-electron chi connectivity index (χ1n) is 7.00. The molecule has 19 heavy (non-hydrogen) atoms. The molecule has 0 radical (unpaired) electrons. The van der Waals surface area contributed by atoms with Gasteiger partial charge in [-0.3, -0.25) is 4.99 Å². The zero-order valence-corrected chi connectivity index (χ0v) is 13.5. The summed E-state index contributed by atoms with van der Waals surface area (Å²) >= 11 is 0. The van der Waals surface area contributed by atoms with Gasteiger partial charge < -0.3 is 14.6 Å². The van der Waals surface area contributed by atoms with Crippen molar-refractivity contribution >= 4 is 29.9 Å². The van der Waals surface area contributed by atoms with E-state index < -0.39 is 0 Å². The number of aliphatic imine (C=N–C) groups is 1. The van der Waals surface area contributed by atoms with Crippen molar-refractivity contribution in [3.63, 3.8) is 0 Å². The molecular weight excluding hydrogens is 353 g/mol. The second kappa shape index (κ2) is 7.17. The molecule has 1 aromatic heterocycles. The molecule has 0 spiro atoms. The van der Waals surface area contributed by atoms with Crippen LogP contribution >= 0.6 is 24.0 Å². The van der Waals surface area contributed by atoms with Crippen LogP contribution in [0, 0.1) is 0 Å². The van der Waals surface area contributed by atoms with Crippen molar-refractivity contribution in [2.45, 2.75) is 38.1 Å². The molecule has 0 atom stereocenters. The van der Waals surface area contributed by atoms with Gasteiger partial charge in [0.05, 0.1) is 6.26 Å². The van der Waals surface area contributed by atoms with Gasteiger partial charge in [-0.05, 0) is 37.8 Å². The largest absolute Gasteiger partial charge is 0.469 e. The van der Waals surface area contributed by atoms with Crippen LogP contribution in [0.15, 0.2) is 27.8 Å². The van der Waals surface area contributed by atoms with Gasteiger partial charge in [0.2, 0.25) is 0 Å². The van der Waals surface area contributed by atoms with Crippen LogP contribution in [-0.4, -0.2) is 36.5 Å². The lowest BCUT2D eigenvalue weighted by Crippen LogP contribution is -2.41. The van der Waals surface area contributed by atoms with Gasteiger partial charge in [0.15, 0.2) is 5.96 Å². The Morgan fingerprint density at radius 3 is 2.79 bits per heavy atom. The molecule has 0 bridgehead atoms. The summed E-state index contributed by atoms with van der Waals surface area (Å²) in [6.07, 6.45) is 7.79. The van der Waals surface area contributed by atoms with Gasteiger partial charge in [-0.2, -0.15) is 0 Å². The third-order valence-corrected chi connectivity index (χ3v) is 3.52. The SMILES string of the molecule is I.c1coc(CCN=C(NC2CC2)N2CCCC2)c1. The Bertz CT molecular complexity index is 395. The normalized spacial score (nSPS) is 19.4. The maximum absolute atomic E-state index is 5.33. The van der Waals surface area contributed by atoms with Crippen molar-refractivity contribution in [3.8, 4) is 0 Å². The summed E-state index contributed by atoms with van der Waals surface area (Å²) in [6.45, 7) is 3.11. The number of halogens is 1. The molecule has 5 heteroatoms. The number of nitrogens with one attached hydrogen (secondary N) is 1. The van der Waals surface area contributed by atoms with Crippen LogP contribution in [0.25, 0.3) is 0 Å². The van der Waals surface area contributed by atoms with Crippen LogP contribution in [0.3, 0.4) is 0 Å². The quantitative estimate of drug-likeness (QED) is 0.500. The summed E-state index contributed by atoms with van der Waals surface area (Å²) in [4.78, 5) is 7.12. The Kier molecular flexibility index (Phi) is 5.54. The smallest absolute Gasteiger partial charge is 0.194 e. The Morgan fingerprint density at radius 2 is 2.16 bits per heavy atom. The van der Waals surface area contributed by atoms with Crippen molar-refractivity contribution < 1.29 is 4.42 Å². The highest BCUT2D eigenvalue weighted by Gasteiger charge is 2.25. The van der Waals surface area contributed by atoms with Gasteiger partial charge >= 0.3 is 0 Å². The van der Waals surface area contributed by atoms with E-state index >= 15 is 0 Å². The van der Waals surface area contributed by atoms with Crippen molar-refractivity contribution in [1.29, 1.82) is 0 Å². The average Bonchev–Trinajstić information content (AvgIpc) is 2.88. The van der Waals surface area contributed by atoms with Crippen molar-refractivity contribution in [1.82, 2.24) is 10.2 Å². The highest BCUT2D eigenvalue weighted by molar-refractivity contribution is 14.0. The molecule has 1 N–H and O–H groups in total. The van der Waals surface area contributed by atoms with E-state index in [2.05, 4.69) is 10.2 Å². The fraction of sp³-hybridized carbons (Fsp3) is 0.643. The number of furan rings is 1. The van der Waals surface area contributed by atoms with Crippen LogP contribution in [-0.2, 0) is 6.42 Å². The minimum Gasteiger partial charge on any atom is -0.469 e. The van der Waals surface area contributed by atoms with E-state index in [1.54, 1.807) is 6.26 Å². The van der Waals surface area contributed by atoms with Gasteiger partial charge in [-0.25, -0.2) is 0 Å². The molecule has 1 saturated heterocycles. The summed E-state index contributed by atoms with van der Waals surface area (Å²) in [5, 5.41) is 3.56. The molecule has 0 amide bonds. The first-order valence-corrected chi connectivity index (χ1v) is 7.00. The first-order chi connectivity index (χ1) is 8.92. The fourth-order valence-electron chi connectivity index (χ4n) is 2.30. The zero-order chi connectivity index (χ0) is 12.2. The Hall–Kier alpha value is -0.720. The number of hydrogen-bond acceptors (Lipinski definition) is 2. The average molecular weight is 375 g/mol. The van der Waals surface area contributed by atoms with Crippen molar-refractivity contribution in [2.75, 3.05) is 19.6 Å². The van der Waals surface area contributed by atoms with E-state index in [0.717, 1.165) is 37.8 Å². The van der Waals surface area contributed by atoms with E-state index in [-0.39, 0.29) is 24.0 Å². The number of likely N-dealkylation sites (tertiary alicyclic amines) is 1.